The SMILES string of the molecule is O=C(Nc1ccc(-c2cccs2)cc1)C(CS)Cc1ccccc1. The normalized spacial score (nSPS) is 11.9. The van der Waals surface area contributed by atoms with Gasteiger partial charge >= 0.3 is 0 Å². The van der Waals surface area contributed by atoms with Crippen molar-refractivity contribution in [3.8, 4) is 10.4 Å². The molecule has 1 atom stereocenters. The molecule has 1 aromatic heterocycles. The third-order valence-corrected chi connectivity index (χ3v) is 5.23. The molecule has 0 aliphatic rings. The zero-order valence-corrected chi connectivity index (χ0v) is 14.9. The summed E-state index contributed by atoms with van der Waals surface area (Å²) in [5.41, 5.74) is 3.14. The predicted octanol–water partition coefficient (Wildman–Crippen LogP) is 5.14. The van der Waals surface area contributed by atoms with Crippen LogP contribution in [-0.2, 0) is 11.2 Å². The van der Waals surface area contributed by atoms with Crippen molar-refractivity contribution in [1.29, 1.82) is 0 Å². The van der Waals surface area contributed by atoms with E-state index in [1.165, 1.54) is 4.88 Å². The molecule has 0 saturated carbocycles. The molecule has 122 valence electrons. The summed E-state index contributed by atoms with van der Waals surface area (Å²) >= 11 is 6.06. The summed E-state index contributed by atoms with van der Waals surface area (Å²) in [7, 11) is 0. The summed E-state index contributed by atoms with van der Waals surface area (Å²) < 4.78 is 0. The third-order valence-electron chi connectivity index (χ3n) is 3.87. The second-order valence-electron chi connectivity index (χ2n) is 5.61. The van der Waals surface area contributed by atoms with Gasteiger partial charge < -0.3 is 5.32 Å². The summed E-state index contributed by atoms with van der Waals surface area (Å²) in [5, 5.41) is 5.06. The van der Waals surface area contributed by atoms with E-state index >= 15 is 0 Å². The number of hydrogen-bond donors (Lipinski definition) is 2. The molecule has 0 radical (unpaired) electrons. The quantitative estimate of drug-likeness (QED) is 0.590. The van der Waals surface area contributed by atoms with Crippen molar-refractivity contribution >= 4 is 35.6 Å². The molecule has 1 N–H and O–H groups in total. The van der Waals surface area contributed by atoms with E-state index in [-0.39, 0.29) is 11.8 Å². The molecule has 0 aliphatic carbocycles. The van der Waals surface area contributed by atoms with E-state index in [9.17, 15) is 4.79 Å². The van der Waals surface area contributed by atoms with Crippen LogP contribution in [-0.4, -0.2) is 11.7 Å². The van der Waals surface area contributed by atoms with Gasteiger partial charge in [-0.2, -0.15) is 12.6 Å². The minimum absolute atomic E-state index is 0.0118. The highest BCUT2D eigenvalue weighted by Crippen LogP contribution is 2.26. The van der Waals surface area contributed by atoms with Gasteiger partial charge in [0.05, 0.1) is 5.92 Å². The van der Waals surface area contributed by atoms with Crippen molar-refractivity contribution in [2.45, 2.75) is 6.42 Å². The van der Waals surface area contributed by atoms with Gasteiger partial charge in [0.15, 0.2) is 0 Å². The summed E-state index contributed by atoms with van der Waals surface area (Å²) in [6.45, 7) is 0. The van der Waals surface area contributed by atoms with Gasteiger partial charge in [-0.25, -0.2) is 0 Å². The zero-order valence-electron chi connectivity index (χ0n) is 13.2. The zero-order chi connectivity index (χ0) is 16.8. The Morgan fingerprint density at radius 3 is 2.38 bits per heavy atom. The van der Waals surface area contributed by atoms with Crippen molar-refractivity contribution in [2.75, 3.05) is 11.1 Å². The summed E-state index contributed by atoms with van der Waals surface area (Å²) in [6.07, 6.45) is 0.698. The average molecular weight is 354 g/mol. The van der Waals surface area contributed by atoms with Gasteiger partial charge in [0.25, 0.3) is 0 Å². The van der Waals surface area contributed by atoms with Crippen LogP contribution in [0, 0.1) is 5.92 Å². The lowest BCUT2D eigenvalue weighted by Gasteiger charge is -2.15. The van der Waals surface area contributed by atoms with E-state index in [1.54, 1.807) is 11.3 Å². The number of carbonyl (C=O) groups is 1. The molecule has 1 amide bonds. The summed E-state index contributed by atoms with van der Waals surface area (Å²) in [4.78, 5) is 13.7. The van der Waals surface area contributed by atoms with Crippen molar-refractivity contribution in [1.82, 2.24) is 0 Å². The van der Waals surface area contributed by atoms with E-state index < -0.39 is 0 Å². The number of rotatable bonds is 6. The van der Waals surface area contributed by atoms with E-state index in [0.29, 0.717) is 12.2 Å². The highest BCUT2D eigenvalue weighted by atomic mass is 32.1. The predicted molar refractivity (Wildman–Crippen MR) is 106 cm³/mol. The van der Waals surface area contributed by atoms with Crippen LogP contribution in [0.3, 0.4) is 0 Å². The molecule has 0 aliphatic heterocycles. The first-order valence-electron chi connectivity index (χ1n) is 7.86. The largest absolute Gasteiger partial charge is 0.326 e. The van der Waals surface area contributed by atoms with Crippen LogP contribution in [0.1, 0.15) is 5.56 Å². The molecule has 0 bridgehead atoms. The number of thiol groups is 1. The Bertz CT molecular complexity index is 767. The Labute approximate surface area is 152 Å². The van der Waals surface area contributed by atoms with Gasteiger partial charge in [-0.15, -0.1) is 11.3 Å². The van der Waals surface area contributed by atoms with Crippen LogP contribution in [0.25, 0.3) is 10.4 Å². The van der Waals surface area contributed by atoms with E-state index in [2.05, 4.69) is 29.4 Å². The van der Waals surface area contributed by atoms with E-state index in [1.807, 2.05) is 60.7 Å². The van der Waals surface area contributed by atoms with Crippen LogP contribution in [0.2, 0.25) is 0 Å². The molecule has 1 heterocycles. The van der Waals surface area contributed by atoms with Crippen molar-refractivity contribution < 1.29 is 4.79 Å². The van der Waals surface area contributed by atoms with Gasteiger partial charge in [-0.05, 0) is 41.1 Å². The number of nitrogens with one attached hydrogen (secondary N) is 1. The lowest BCUT2D eigenvalue weighted by molar-refractivity contribution is -0.119. The molecule has 0 saturated heterocycles. The molecule has 0 fully saturated rings. The first-order chi connectivity index (χ1) is 11.8. The maximum absolute atomic E-state index is 12.5. The molecule has 24 heavy (non-hydrogen) atoms. The molecule has 2 nitrogen and oxygen atoms in total. The monoisotopic (exact) mass is 353 g/mol. The van der Waals surface area contributed by atoms with E-state index in [4.69, 9.17) is 0 Å². The van der Waals surface area contributed by atoms with Gasteiger partial charge in [0.2, 0.25) is 5.91 Å². The lowest BCUT2D eigenvalue weighted by atomic mass is 10.00. The van der Waals surface area contributed by atoms with E-state index in [0.717, 1.165) is 16.8 Å². The second-order valence-corrected chi connectivity index (χ2v) is 6.93. The van der Waals surface area contributed by atoms with Gasteiger partial charge in [-0.1, -0.05) is 48.5 Å². The Kier molecular flexibility index (Phi) is 5.72. The molecule has 3 aromatic rings. The third kappa shape index (κ3) is 4.28. The molecular weight excluding hydrogens is 334 g/mol. The minimum atomic E-state index is -0.146. The highest BCUT2D eigenvalue weighted by molar-refractivity contribution is 7.80. The first-order valence-corrected chi connectivity index (χ1v) is 9.37. The van der Waals surface area contributed by atoms with Crippen LogP contribution >= 0.6 is 24.0 Å². The fourth-order valence-electron chi connectivity index (χ4n) is 2.54. The maximum Gasteiger partial charge on any atom is 0.228 e. The second kappa shape index (κ2) is 8.18. The first kappa shape index (κ1) is 16.8. The van der Waals surface area contributed by atoms with Crippen LogP contribution < -0.4 is 5.32 Å². The average Bonchev–Trinajstić information content (AvgIpc) is 3.16. The Morgan fingerprint density at radius 2 is 1.75 bits per heavy atom. The van der Waals surface area contributed by atoms with Crippen molar-refractivity contribution in [3.63, 3.8) is 0 Å². The maximum atomic E-state index is 12.5. The topological polar surface area (TPSA) is 29.1 Å². The molecule has 1 unspecified atom stereocenters. The fourth-order valence-corrected chi connectivity index (χ4v) is 3.57. The van der Waals surface area contributed by atoms with Gasteiger partial charge in [0, 0.05) is 16.3 Å². The number of thiophene rings is 1. The molecule has 2 aromatic carbocycles. The van der Waals surface area contributed by atoms with Gasteiger partial charge in [0.1, 0.15) is 0 Å². The minimum Gasteiger partial charge on any atom is -0.326 e. The molecule has 3 rings (SSSR count). The Hall–Kier alpha value is -2.04. The smallest absolute Gasteiger partial charge is 0.228 e. The number of benzene rings is 2. The van der Waals surface area contributed by atoms with Crippen molar-refractivity contribution in [3.05, 3.63) is 77.7 Å². The Balaban J connectivity index is 1.64. The molecular formula is C20H19NOS2. The standard InChI is InChI=1S/C20H19NOS2/c22-20(17(14-23)13-15-5-2-1-3-6-15)21-18-10-8-16(9-11-18)19-7-4-12-24-19/h1-12,17,23H,13-14H2,(H,21,22). The Morgan fingerprint density at radius 1 is 1.00 bits per heavy atom. The van der Waals surface area contributed by atoms with Crippen LogP contribution in [0.5, 0.6) is 0 Å². The van der Waals surface area contributed by atoms with Crippen LogP contribution in [0.4, 0.5) is 5.69 Å². The fraction of sp³-hybridized carbons (Fsp3) is 0.150. The highest BCUT2D eigenvalue weighted by Gasteiger charge is 2.17. The lowest BCUT2D eigenvalue weighted by Crippen LogP contribution is -2.26. The number of hydrogen-bond acceptors (Lipinski definition) is 3. The number of anilines is 1. The number of carbonyl (C=O) groups excluding carboxylic acids is 1. The molecule has 4 heteroatoms. The van der Waals surface area contributed by atoms with Crippen molar-refractivity contribution in [2.24, 2.45) is 5.92 Å². The molecule has 0 spiro atoms. The summed E-state index contributed by atoms with van der Waals surface area (Å²) in [5.74, 6) is 0.388. The summed E-state index contributed by atoms with van der Waals surface area (Å²) in [6, 6.07) is 22.1. The number of amides is 1. The van der Waals surface area contributed by atoms with Crippen LogP contribution in [0.15, 0.2) is 72.1 Å². The van der Waals surface area contributed by atoms with Gasteiger partial charge in [-0.3, -0.25) is 4.79 Å².